The summed E-state index contributed by atoms with van der Waals surface area (Å²) < 4.78 is 31.0. The first-order chi connectivity index (χ1) is 7.54. The Morgan fingerprint density at radius 1 is 1.38 bits per heavy atom. The highest BCUT2D eigenvalue weighted by Gasteiger charge is 2.19. The van der Waals surface area contributed by atoms with Gasteiger partial charge in [-0.3, -0.25) is 0 Å². The molecule has 1 heterocycles. The van der Waals surface area contributed by atoms with Crippen LogP contribution in [0, 0.1) is 18.6 Å². The molecule has 1 aromatic heterocycles. The highest BCUT2D eigenvalue weighted by molar-refractivity contribution is 6.05. The largest absolute Gasteiger partial charge is 0.465 e. The fraction of sp³-hybridized carbons (Fsp3) is 0.182. The number of benzene rings is 1. The third-order valence-corrected chi connectivity index (χ3v) is 2.40. The van der Waals surface area contributed by atoms with Crippen LogP contribution in [0.15, 0.2) is 12.1 Å². The van der Waals surface area contributed by atoms with Gasteiger partial charge in [0.15, 0.2) is 0 Å². The lowest BCUT2D eigenvalue weighted by Gasteiger charge is -1.98. The smallest absolute Gasteiger partial charge is 0.340 e. The highest BCUT2D eigenvalue weighted by atomic mass is 19.1. The Balaban J connectivity index is 2.83. The van der Waals surface area contributed by atoms with Crippen LogP contribution in [-0.2, 0) is 4.74 Å². The average molecular weight is 225 g/mol. The highest BCUT2D eigenvalue weighted by Crippen LogP contribution is 2.26. The Bertz CT molecular complexity index is 575. The number of aryl methyl sites for hydroxylation is 1. The number of aromatic nitrogens is 1. The first-order valence-corrected chi connectivity index (χ1v) is 4.60. The SMILES string of the molecule is COC(=O)c1c(C)[nH]c2c(F)cc(F)cc12. The molecule has 2 rings (SSSR count). The Labute approximate surface area is 90.0 Å². The summed E-state index contributed by atoms with van der Waals surface area (Å²) in [4.78, 5) is 14.1. The van der Waals surface area contributed by atoms with Gasteiger partial charge in [-0.05, 0) is 13.0 Å². The minimum absolute atomic E-state index is 0.110. The van der Waals surface area contributed by atoms with Gasteiger partial charge < -0.3 is 9.72 Å². The summed E-state index contributed by atoms with van der Waals surface area (Å²) in [6, 6.07) is 1.87. The van der Waals surface area contributed by atoms with Crippen LogP contribution in [0.2, 0.25) is 0 Å². The summed E-state index contributed by atoms with van der Waals surface area (Å²) in [5.41, 5.74) is 0.724. The maximum Gasteiger partial charge on any atom is 0.340 e. The monoisotopic (exact) mass is 225 g/mol. The number of nitrogens with one attached hydrogen (secondary N) is 1. The number of fused-ring (bicyclic) bond motifs is 1. The molecule has 1 N–H and O–H groups in total. The first kappa shape index (κ1) is 10.6. The lowest BCUT2D eigenvalue weighted by molar-refractivity contribution is 0.0602. The van der Waals surface area contributed by atoms with Crippen molar-refractivity contribution >= 4 is 16.9 Å². The number of aromatic amines is 1. The van der Waals surface area contributed by atoms with E-state index in [1.807, 2.05) is 0 Å². The predicted molar refractivity (Wildman–Crippen MR) is 54.3 cm³/mol. The van der Waals surface area contributed by atoms with Crippen LogP contribution < -0.4 is 0 Å². The molecule has 0 saturated heterocycles. The molecule has 0 amide bonds. The zero-order chi connectivity index (χ0) is 11.9. The van der Waals surface area contributed by atoms with Crippen molar-refractivity contribution in [3.63, 3.8) is 0 Å². The fourth-order valence-electron chi connectivity index (χ4n) is 1.71. The zero-order valence-electron chi connectivity index (χ0n) is 8.73. The molecule has 0 aliphatic heterocycles. The van der Waals surface area contributed by atoms with Gasteiger partial charge in [-0.1, -0.05) is 0 Å². The van der Waals surface area contributed by atoms with Crippen molar-refractivity contribution in [1.29, 1.82) is 0 Å². The number of ether oxygens (including phenoxy) is 1. The minimum atomic E-state index is -0.728. The van der Waals surface area contributed by atoms with Gasteiger partial charge in [-0.15, -0.1) is 0 Å². The molecule has 0 aliphatic carbocycles. The van der Waals surface area contributed by atoms with E-state index in [1.165, 1.54) is 7.11 Å². The number of hydrogen-bond acceptors (Lipinski definition) is 2. The number of carbonyl (C=O) groups is 1. The maximum absolute atomic E-state index is 13.4. The van der Waals surface area contributed by atoms with E-state index in [9.17, 15) is 13.6 Å². The molecule has 5 heteroatoms. The third kappa shape index (κ3) is 1.44. The Kier molecular flexibility index (Phi) is 2.38. The van der Waals surface area contributed by atoms with Crippen LogP contribution in [0.25, 0.3) is 10.9 Å². The van der Waals surface area contributed by atoms with E-state index in [0.717, 1.165) is 12.1 Å². The molecule has 0 atom stereocenters. The van der Waals surface area contributed by atoms with Crippen molar-refractivity contribution in [2.24, 2.45) is 0 Å². The minimum Gasteiger partial charge on any atom is -0.465 e. The first-order valence-electron chi connectivity index (χ1n) is 4.60. The molecule has 0 radical (unpaired) electrons. The quantitative estimate of drug-likeness (QED) is 0.758. The second-order valence-electron chi connectivity index (χ2n) is 3.43. The van der Waals surface area contributed by atoms with Gasteiger partial charge in [0.05, 0.1) is 18.2 Å². The van der Waals surface area contributed by atoms with Crippen molar-refractivity contribution < 1.29 is 18.3 Å². The molecule has 2 aromatic rings. The molecule has 0 aliphatic rings. The van der Waals surface area contributed by atoms with Crippen LogP contribution in [-0.4, -0.2) is 18.1 Å². The van der Waals surface area contributed by atoms with Crippen LogP contribution in [0.4, 0.5) is 8.78 Å². The molecule has 0 spiro atoms. The molecule has 0 unspecified atom stereocenters. The van der Waals surface area contributed by atoms with Crippen molar-refractivity contribution in [2.45, 2.75) is 6.92 Å². The number of hydrogen-bond donors (Lipinski definition) is 1. The van der Waals surface area contributed by atoms with Gasteiger partial charge in [0, 0.05) is 17.1 Å². The van der Waals surface area contributed by atoms with Gasteiger partial charge in [-0.25, -0.2) is 13.6 Å². The molecular weight excluding hydrogens is 216 g/mol. The molecular formula is C11H9F2NO2. The number of esters is 1. The van der Waals surface area contributed by atoms with E-state index in [4.69, 9.17) is 0 Å². The number of carbonyl (C=O) groups excluding carboxylic acids is 1. The molecule has 0 fully saturated rings. The molecule has 0 saturated carbocycles. The average Bonchev–Trinajstić information content (AvgIpc) is 2.54. The molecule has 0 bridgehead atoms. The Hall–Kier alpha value is -1.91. The number of H-pyrrole nitrogens is 1. The van der Waals surface area contributed by atoms with E-state index in [1.54, 1.807) is 6.92 Å². The summed E-state index contributed by atoms with van der Waals surface area (Å²) >= 11 is 0. The number of rotatable bonds is 1. The molecule has 1 aromatic carbocycles. The summed E-state index contributed by atoms with van der Waals surface area (Å²) in [6.07, 6.45) is 0. The zero-order valence-corrected chi connectivity index (χ0v) is 8.73. The predicted octanol–water partition coefficient (Wildman–Crippen LogP) is 2.54. The number of halogens is 2. The second kappa shape index (κ2) is 3.59. The lowest BCUT2D eigenvalue weighted by atomic mass is 10.1. The van der Waals surface area contributed by atoms with Crippen LogP contribution in [0.3, 0.4) is 0 Å². The Morgan fingerprint density at radius 3 is 2.69 bits per heavy atom. The van der Waals surface area contributed by atoms with Crippen LogP contribution in [0.1, 0.15) is 16.1 Å². The van der Waals surface area contributed by atoms with Crippen molar-refractivity contribution in [3.8, 4) is 0 Å². The third-order valence-electron chi connectivity index (χ3n) is 2.40. The van der Waals surface area contributed by atoms with E-state index < -0.39 is 17.6 Å². The van der Waals surface area contributed by atoms with Crippen molar-refractivity contribution in [1.82, 2.24) is 4.98 Å². The lowest BCUT2D eigenvalue weighted by Crippen LogP contribution is -2.02. The van der Waals surface area contributed by atoms with E-state index in [0.29, 0.717) is 5.69 Å². The standard InChI is InChI=1S/C11H9F2NO2/c1-5-9(11(15)16-2)7-3-6(12)4-8(13)10(7)14-5/h3-4,14H,1-2H3. The maximum atomic E-state index is 13.4. The van der Waals surface area contributed by atoms with Gasteiger partial charge in [0.1, 0.15) is 11.6 Å². The van der Waals surface area contributed by atoms with Gasteiger partial charge >= 0.3 is 5.97 Å². The molecule has 84 valence electrons. The van der Waals surface area contributed by atoms with E-state index in [-0.39, 0.29) is 16.5 Å². The van der Waals surface area contributed by atoms with Gasteiger partial charge in [0.2, 0.25) is 0 Å². The molecule has 16 heavy (non-hydrogen) atoms. The fourth-order valence-corrected chi connectivity index (χ4v) is 1.71. The summed E-state index contributed by atoms with van der Waals surface area (Å²) in [5, 5.41) is 0.196. The summed E-state index contributed by atoms with van der Waals surface area (Å²) in [5.74, 6) is -2.07. The van der Waals surface area contributed by atoms with Crippen LogP contribution in [0.5, 0.6) is 0 Å². The van der Waals surface area contributed by atoms with Crippen molar-refractivity contribution in [3.05, 3.63) is 35.0 Å². The summed E-state index contributed by atoms with van der Waals surface area (Å²) in [7, 11) is 1.22. The number of methoxy groups -OCH3 is 1. The van der Waals surface area contributed by atoms with Crippen LogP contribution >= 0.6 is 0 Å². The van der Waals surface area contributed by atoms with Gasteiger partial charge in [0.25, 0.3) is 0 Å². The second-order valence-corrected chi connectivity index (χ2v) is 3.43. The van der Waals surface area contributed by atoms with E-state index in [2.05, 4.69) is 9.72 Å². The van der Waals surface area contributed by atoms with Gasteiger partial charge in [-0.2, -0.15) is 0 Å². The van der Waals surface area contributed by atoms with Crippen molar-refractivity contribution in [2.75, 3.05) is 7.11 Å². The normalized spacial score (nSPS) is 10.8. The molecule has 3 nitrogen and oxygen atoms in total. The Morgan fingerprint density at radius 2 is 2.06 bits per heavy atom. The topological polar surface area (TPSA) is 42.1 Å². The summed E-state index contributed by atoms with van der Waals surface area (Å²) in [6.45, 7) is 1.60. The van der Waals surface area contributed by atoms with E-state index >= 15 is 0 Å².